The Morgan fingerprint density at radius 3 is 2.27 bits per heavy atom. The zero-order valence-electron chi connectivity index (χ0n) is 14.4. The summed E-state index contributed by atoms with van der Waals surface area (Å²) in [6.07, 6.45) is 0.868. The number of nitrogens with one attached hydrogen (secondary N) is 1. The quantitative estimate of drug-likeness (QED) is 0.792. The molecule has 1 atom stereocenters. The van der Waals surface area contributed by atoms with E-state index in [1.54, 1.807) is 0 Å². The number of rotatable bonds is 6. The van der Waals surface area contributed by atoms with Crippen LogP contribution in [0, 0.1) is 0 Å². The van der Waals surface area contributed by atoms with Gasteiger partial charge < -0.3 is 10.1 Å². The number of ether oxygens (including phenoxy) is 1. The minimum atomic E-state index is -0.382. The van der Waals surface area contributed by atoms with Gasteiger partial charge in [0.05, 0.1) is 7.11 Å². The third-order valence-electron chi connectivity index (χ3n) is 3.16. The van der Waals surface area contributed by atoms with Gasteiger partial charge in [0, 0.05) is 23.6 Å². The van der Waals surface area contributed by atoms with Crippen molar-refractivity contribution in [2.75, 3.05) is 26.7 Å². The fourth-order valence-corrected chi connectivity index (χ4v) is 2.22. The van der Waals surface area contributed by atoms with Crippen LogP contribution in [-0.2, 0) is 4.74 Å². The summed E-state index contributed by atoms with van der Waals surface area (Å²) in [4.78, 5) is 13.3. The van der Waals surface area contributed by atoms with Crippen LogP contribution in [0.4, 0.5) is 4.79 Å². The molecule has 0 fully saturated rings. The third-order valence-corrected chi connectivity index (χ3v) is 3.69. The van der Waals surface area contributed by atoms with E-state index in [0.717, 1.165) is 17.6 Å². The summed E-state index contributed by atoms with van der Waals surface area (Å²) in [5, 5.41) is 2.70. The number of likely N-dealkylation sites (N-methyl/N-ethyl adjacent to an activating group) is 1. The van der Waals surface area contributed by atoms with Gasteiger partial charge in [-0.25, -0.2) is 4.79 Å². The van der Waals surface area contributed by atoms with Gasteiger partial charge in [0.25, 0.3) is 0 Å². The SMILES string of the molecule is CCC.CCN(CCNC(=O)OC)[C@@H](C)c1ccc(Br)cc1. The molecule has 0 aliphatic carbocycles. The maximum absolute atomic E-state index is 11.0. The highest BCUT2D eigenvalue weighted by atomic mass is 79.9. The molecule has 1 N–H and O–H groups in total. The summed E-state index contributed by atoms with van der Waals surface area (Å²) in [5.41, 5.74) is 1.27. The first-order valence-electron chi connectivity index (χ1n) is 7.81. The third kappa shape index (κ3) is 8.39. The van der Waals surface area contributed by atoms with Crippen LogP contribution in [0.3, 0.4) is 0 Å². The lowest BCUT2D eigenvalue weighted by molar-refractivity contribution is 0.165. The van der Waals surface area contributed by atoms with E-state index in [9.17, 15) is 4.79 Å². The molecule has 0 heterocycles. The number of halogens is 1. The predicted molar refractivity (Wildman–Crippen MR) is 96.2 cm³/mol. The van der Waals surface area contributed by atoms with Gasteiger partial charge in [0.2, 0.25) is 0 Å². The number of carbonyl (C=O) groups is 1. The Bertz CT molecular complexity index is 410. The molecule has 1 aromatic carbocycles. The molecular formula is C17H29BrN2O2. The lowest BCUT2D eigenvalue weighted by Gasteiger charge is -2.28. The molecular weight excluding hydrogens is 344 g/mol. The van der Waals surface area contributed by atoms with Crippen molar-refractivity contribution < 1.29 is 9.53 Å². The second kappa shape index (κ2) is 12.5. The Kier molecular flexibility index (Phi) is 11.9. The molecule has 4 nitrogen and oxygen atoms in total. The van der Waals surface area contributed by atoms with Gasteiger partial charge >= 0.3 is 6.09 Å². The highest BCUT2D eigenvalue weighted by molar-refractivity contribution is 9.10. The van der Waals surface area contributed by atoms with Crippen LogP contribution in [0.1, 0.15) is 45.7 Å². The number of amides is 1. The van der Waals surface area contributed by atoms with Crippen molar-refractivity contribution in [2.24, 2.45) is 0 Å². The second-order valence-electron chi connectivity index (χ2n) is 4.98. The fraction of sp³-hybridized carbons (Fsp3) is 0.588. The van der Waals surface area contributed by atoms with Crippen molar-refractivity contribution in [3.63, 3.8) is 0 Å². The molecule has 22 heavy (non-hydrogen) atoms. The van der Waals surface area contributed by atoms with E-state index in [0.29, 0.717) is 12.6 Å². The molecule has 0 saturated heterocycles. The van der Waals surface area contributed by atoms with Crippen molar-refractivity contribution >= 4 is 22.0 Å². The topological polar surface area (TPSA) is 41.6 Å². The molecule has 0 radical (unpaired) electrons. The van der Waals surface area contributed by atoms with Gasteiger partial charge in [-0.2, -0.15) is 0 Å². The van der Waals surface area contributed by atoms with Crippen LogP contribution >= 0.6 is 15.9 Å². The molecule has 5 heteroatoms. The lowest BCUT2D eigenvalue weighted by Crippen LogP contribution is -2.36. The molecule has 0 unspecified atom stereocenters. The minimum absolute atomic E-state index is 0.317. The van der Waals surface area contributed by atoms with Crippen LogP contribution in [0.15, 0.2) is 28.7 Å². The van der Waals surface area contributed by atoms with Crippen molar-refractivity contribution in [2.45, 2.75) is 40.2 Å². The maximum Gasteiger partial charge on any atom is 0.406 e. The average Bonchev–Trinajstić information content (AvgIpc) is 2.52. The van der Waals surface area contributed by atoms with Crippen molar-refractivity contribution in [1.82, 2.24) is 10.2 Å². The van der Waals surface area contributed by atoms with E-state index in [-0.39, 0.29) is 6.09 Å². The molecule has 0 aliphatic rings. The molecule has 0 bridgehead atoms. The van der Waals surface area contributed by atoms with E-state index >= 15 is 0 Å². The normalized spacial score (nSPS) is 11.4. The van der Waals surface area contributed by atoms with Crippen molar-refractivity contribution in [3.8, 4) is 0 Å². The molecule has 0 aliphatic heterocycles. The zero-order chi connectivity index (χ0) is 17.0. The Hall–Kier alpha value is -1.07. The molecule has 1 aromatic rings. The standard InChI is InChI=1S/C14H21BrN2O2.C3H8/c1-4-17(10-9-16-14(18)19-3)11(2)12-5-7-13(15)8-6-12;1-3-2/h5-8,11H,4,9-10H2,1-3H3,(H,16,18);3H2,1-2H3/t11-;/m0./s1. The molecule has 126 valence electrons. The first kappa shape index (κ1) is 20.9. The van der Waals surface area contributed by atoms with E-state index in [1.807, 2.05) is 12.1 Å². The Balaban J connectivity index is 0.00000135. The highest BCUT2D eigenvalue weighted by Crippen LogP contribution is 2.21. The number of methoxy groups -OCH3 is 1. The van der Waals surface area contributed by atoms with Crippen LogP contribution in [0.25, 0.3) is 0 Å². The maximum atomic E-state index is 11.0. The summed E-state index contributed by atoms with van der Waals surface area (Å²) < 4.78 is 5.63. The number of alkyl carbamates (subject to hydrolysis) is 1. The predicted octanol–water partition coefficient (Wildman–Crippen LogP) is 4.60. The van der Waals surface area contributed by atoms with Crippen LogP contribution in [0.5, 0.6) is 0 Å². The van der Waals surface area contributed by atoms with Crippen molar-refractivity contribution in [1.29, 1.82) is 0 Å². The van der Waals surface area contributed by atoms with Crippen LogP contribution in [-0.4, -0.2) is 37.7 Å². The van der Waals surface area contributed by atoms with Gasteiger partial charge in [0.15, 0.2) is 0 Å². The minimum Gasteiger partial charge on any atom is -0.453 e. The Morgan fingerprint density at radius 1 is 1.27 bits per heavy atom. The molecule has 1 amide bonds. The number of benzene rings is 1. The summed E-state index contributed by atoms with van der Waals surface area (Å²) >= 11 is 3.44. The lowest BCUT2D eigenvalue weighted by atomic mass is 10.1. The molecule has 1 rings (SSSR count). The number of hydrogen-bond acceptors (Lipinski definition) is 3. The van der Waals surface area contributed by atoms with Gasteiger partial charge in [-0.3, -0.25) is 4.90 Å². The van der Waals surface area contributed by atoms with Crippen molar-refractivity contribution in [3.05, 3.63) is 34.3 Å². The van der Waals surface area contributed by atoms with Gasteiger partial charge in [-0.05, 0) is 31.2 Å². The summed E-state index contributed by atoms with van der Waals surface area (Å²) in [7, 11) is 1.37. The smallest absolute Gasteiger partial charge is 0.406 e. The Labute approximate surface area is 143 Å². The zero-order valence-corrected chi connectivity index (χ0v) is 15.9. The van der Waals surface area contributed by atoms with Gasteiger partial charge in [-0.1, -0.05) is 55.3 Å². The van der Waals surface area contributed by atoms with E-state index in [4.69, 9.17) is 0 Å². The summed E-state index contributed by atoms with van der Waals surface area (Å²) in [6.45, 7) is 10.8. The number of carbonyl (C=O) groups excluding carboxylic acids is 1. The molecule has 0 spiro atoms. The van der Waals surface area contributed by atoms with E-state index < -0.39 is 0 Å². The second-order valence-corrected chi connectivity index (χ2v) is 5.90. The molecule has 0 saturated carbocycles. The average molecular weight is 373 g/mol. The van der Waals surface area contributed by atoms with Crippen LogP contribution in [0.2, 0.25) is 0 Å². The van der Waals surface area contributed by atoms with Crippen LogP contribution < -0.4 is 5.32 Å². The Morgan fingerprint density at radius 2 is 1.82 bits per heavy atom. The van der Waals surface area contributed by atoms with E-state index in [1.165, 1.54) is 19.1 Å². The largest absolute Gasteiger partial charge is 0.453 e. The summed E-state index contributed by atoms with van der Waals surface area (Å²) in [6, 6.07) is 8.65. The first-order valence-corrected chi connectivity index (χ1v) is 8.60. The van der Waals surface area contributed by atoms with Gasteiger partial charge in [-0.15, -0.1) is 0 Å². The number of nitrogens with zero attached hydrogens (tertiary/aromatic N) is 1. The van der Waals surface area contributed by atoms with E-state index in [2.05, 4.69) is 70.7 Å². The fourth-order valence-electron chi connectivity index (χ4n) is 1.95. The number of hydrogen-bond donors (Lipinski definition) is 1. The van der Waals surface area contributed by atoms with Gasteiger partial charge in [0.1, 0.15) is 0 Å². The first-order chi connectivity index (χ1) is 10.5. The highest BCUT2D eigenvalue weighted by Gasteiger charge is 2.14. The monoisotopic (exact) mass is 372 g/mol. The molecule has 0 aromatic heterocycles. The summed E-state index contributed by atoms with van der Waals surface area (Å²) in [5.74, 6) is 0.